The molecule has 0 aromatic carbocycles. The summed E-state index contributed by atoms with van der Waals surface area (Å²) < 4.78 is 44.1. The zero-order chi connectivity index (χ0) is 25.9. The Labute approximate surface area is 209 Å². The summed E-state index contributed by atoms with van der Waals surface area (Å²) in [5.41, 5.74) is -0.104. The van der Waals surface area contributed by atoms with Crippen molar-refractivity contribution in [2.45, 2.75) is 72.1 Å². The third-order valence-electron chi connectivity index (χ3n) is 5.47. The van der Waals surface area contributed by atoms with E-state index in [2.05, 4.69) is 4.98 Å². The van der Waals surface area contributed by atoms with Crippen LogP contribution in [0.15, 0.2) is 12.1 Å². The first kappa shape index (κ1) is 28.8. The SMILES string of the molecule is CCOB(OC(C)(C)CC)c1cc([C@H]2CN(C(=O)OC(C)(C)C)CCN2S(C)(=O)=O)cc(Cl)n1. The number of halogens is 1. The Hall–Kier alpha value is -1.40. The van der Waals surface area contributed by atoms with Crippen LogP contribution in [-0.4, -0.2) is 79.5 Å². The van der Waals surface area contributed by atoms with Crippen molar-refractivity contribution in [3.8, 4) is 0 Å². The second-order valence-corrected chi connectivity index (χ2v) is 12.3. The van der Waals surface area contributed by atoms with Crippen molar-refractivity contribution in [3.63, 3.8) is 0 Å². The average molecular weight is 518 g/mol. The Morgan fingerprint density at radius 1 is 1.21 bits per heavy atom. The zero-order valence-corrected chi connectivity index (χ0v) is 23.0. The molecule has 1 saturated heterocycles. The van der Waals surface area contributed by atoms with Crippen LogP contribution in [0.5, 0.6) is 0 Å². The normalized spacial score (nSPS) is 18.1. The lowest BCUT2D eigenvalue weighted by Crippen LogP contribution is -2.53. The van der Waals surface area contributed by atoms with Gasteiger partial charge in [0.2, 0.25) is 10.0 Å². The molecule has 0 bridgehead atoms. The van der Waals surface area contributed by atoms with E-state index in [0.29, 0.717) is 17.8 Å². The molecule has 1 atom stereocenters. The molecule has 34 heavy (non-hydrogen) atoms. The summed E-state index contributed by atoms with van der Waals surface area (Å²) in [4.78, 5) is 18.6. The molecule has 192 valence electrons. The van der Waals surface area contributed by atoms with Gasteiger partial charge in [0.1, 0.15) is 10.8 Å². The summed E-state index contributed by atoms with van der Waals surface area (Å²) in [6.07, 6.45) is 1.41. The molecule has 1 fully saturated rings. The number of sulfonamides is 1. The first-order valence-corrected chi connectivity index (χ1v) is 13.7. The minimum absolute atomic E-state index is 0.113. The Morgan fingerprint density at radius 3 is 2.38 bits per heavy atom. The number of rotatable bonds is 8. The Morgan fingerprint density at radius 2 is 1.85 bits per heavy atom. The van der Waals surface area contributed by atoms with Crippen LogP contribution in [0.4, 0.5) is 4.79 Å². The maximum absolute atomic E-state index is 12.7. The standard InChI is InChI=1S/C22H37BClN3O6S/c1-9-22(6,7)33-23(31-10-2)18-13-16(14-19(24)25-18)17-15-26(20(28)32-21(3,4)5)11-12-27(17)34(8,29)30/h13-14,17H,9-12,15H2,1-8H3/t17-/m1/s1. The fourth-order valence-electron chi connectivity index (χ4n) is 3.48. The smallest absolute Gasteiger partial charge is 0.444 e. The molecule has 2 rings (SSSR count). The number of nitrogens with zero attached hydrogens (tertiary/aromatic N) is 3. The quantitative estimate of drug-likeness (QED) is 0.386. The molecule has 0 aliphatic carbocycles. The van der Waals surface area contributed by atoms with Crippen LogP contribution in [0.25, 0.3) is 0 Å². The van der Waals surface area contributed by atoms with Gasteiger partial charge in [-0.15, -0.1) is 0 Å². The predicted molar refractivity (Wildman–Crippen MR) is 134 cm³/mol. The minimum Gasteiger partial charge on any atom is -0.444 e. The van der Waals surface area contributed by atoms with Crippen LogP contribution < -0.4 is 5.59 Å². The second-order valence-electron chi connectivity index (χ2n) is 9.98. The van der Waals surface area contributed by atoms with Crippen LogP contribution in [0.3, 0.4) is 0 Å². The van der Waals surface area contributed by atoms with Crippen LogP contribution in [-0.2, 0) is 24.1 Å². The first-order chi connectivity index (χ1) is 15.6. The van der Waals surface area contributed by atoms with Gasteiger partial charge in [-0.05, 0) is 65.7 Å². The number of carbonyl (C=O) groups is 1. The van der Waals surface area contributed by atoms with Gasteiger partial charge in [-0.25, -0.2) is 18.2 Å². The van der Waals surface area contributed by atoms with E-state index in [4.69, 9.17) is 25.6 Å². The number of aromatic nitrogens is 1. The van der Waals surface area contributed by atoms with Crippen molar-refractivity contribution in [2.24, 2.45) is 0 Å². The monoisotopic (exact) mass is 517 g/mol. The minimum atomic E-state index is -3.57. The first-order valence-electron chi connectivity index (χ1n) is 11.5. The van der Waals surface area contributed by atoms with E-state index in [0.717, 1.165) is 12.7 Å². The largest absolute Gasteiger partial charge is 0.514 e. The van der Waals surface area contributed by atoms with Gasteiger partial charge in [0, 0.05) is 31.8 Å². The highest BCUT2D eigenvalue weighted by Crippen LogP contribution is 2.29. The lowest BCUT2D eigenvalue weighted by molar-refractivity contribution is 0.0131. The van der Waals surface area contributed by atoms with Crippen LogP contribution in [0, 0.1) is 0 Å². The van der Waals surface area contributed by atoms with E-state index in [1.807, 2.05) is 27.7 Å². The van der Waals surface area contributed by atoms with E-state index < -0.39 is 40.5 Å². The fourth-order valence-corrected chi connectivity index (χ4v) is 4.77. The molecular formula is C22H37BClN3O6S. The van der Waals surface area contributed by atoms with Crippen LogP contribution in [0.2, 0.25) is 5.15 Å². The van der Waals surface area contributed by atoms with Crippen molar-refractivity contribution in [1.82, 2.24) is 14.2 Å². The number of amides is 1. The Balaban J connectivity index is 2.47. The maximum atomic E-state index is 12.7. The average Bonchev–Trinajstić information content (AvgIpc) is 2.70. The summed E-state index contributed by atoms with van der Waals surface area (Å²) in [6.45, 7) is 14.0. The van der Waals surface area contributed by atoms with Gasteiger partial charge in [-0.2, -0.15) is 4.31 Å². The molecule has 1 aliphatic heterocycles. The van der Waals surface area contributed by atoms with Crippen molar-refractivity contribution >= 4 is 40.4 Å². The molecule has 1 amide bonds. The molecule has 0 unspecified atom stereocenters. The molecule has 2 heterocycles. The van der Waals surface area contributed by atoms with Gasteiger partial charge in [-0.3, -0.25) is 0 Å². The lowest BCUT2D eigenvalue weighted by Gasteiger charge is -2.40. The van der Waals surface area contributed by atoms with Gasteiger partial charge >= 0.3 is 13.2 Å². The zero-order valence-electron chi connectivity index (χ0n) is 21.4. The fraction of sp³-hybridized carbons (Fsp3) is 0.727. The van der Waals surface area contributed by atoms with E-state index in [-0.39, 0.29) is 24.8 Å². The number of hydrogen-bond acceptors (Lipinski definition) is 7. The van der Waals surface area contributed by atoms with Crippen molar-refractivity contribution in [1.29, 1.82) is 0 Å². The maximum Gasteiger partial charge on any atom is 0.514 e. The molecule has 12 heteroatoms. The van der Waals surface area contributed by atoms with E-state index in [1.54, 1.807) is 32.9 Å². The highest BCUT2D eigenvalue weighted by atomic mass is 35.5. The summed E-state index contributed by atoms with van der Waals surface area (Å²) in [5.74, 6) is 0. The molecule has 0 radical (unpaired) electrons. The highest BCUT2D eigenvalue weighted by molar-refractivity contribution is 7.88. The third-order valence-corrected chi connectivity index (χ3v) is 6.95. The molecular weight excluding hydrogens is 481 g/mol. The van der Waals surface area contributed by atoms with Gasteiger partial charge < -0.3 is 18.9 Å². The third kappa shape index (κ3) is 8.08. The van der Waals surface area contributed by atoms with Gasteiger partial charge in [0.15, 0.2) is 0 Å². The van der Waals surface area contributed by atoms with Gasteiger partial charge in [0.25, 0.3) is 0 Å². The summed E-state index contributed by atoms with van der Waals surface area (Å²) >= 11 is 6.37. The van der Waals surface area contributed by atoms with E-state index >= 15 is 0 Å². The van der Waals surface area contributed by atoms with Gasteiger partial charge in [-0.1, -0.05) is 18.5 Å². The number of pyridine rings is 1. The molecule has 0 N–H and O–H groups in total. The number of ether oxygens (including phenoxy) is 1. The predicted octanol–water partition coefficient (Wildman–Crippen LogP) is 3.23. The summed E-state index contributed by atoms with van der Waals surface area (Å²) in [6, 6.07) is 2.68. The van der Waals surface area contributed by atoms with Crippen molar-refractivity contribution in [2.75, 3.05) is 32.5 Å². The van der Waals surface area contributed by atoms with Crippen LogP contribution >= 0.6 is 11.6 Å². The molecule has 0 saturated carbocycles. The molecule has 1 aromatic heterocycles. The number of hydrogen-bond donors (Lipinski definition) is 0. The van der Waals surface area contributed by atoms with Crippen molar-refractivity contribution in [3.05, 3.63) is 22.8 Å². The number of piperazine rings is 1. The molecule has 0 spiro atoms. The van der Waals surface area contributed by atoms with Gasteiger partial charge in [0.05, 0.1) is 17.9 Å². The summed E-state index contributed by atoms with van der Waals surface area (Å²) in [5, 5.41) is 0.179. The van der Waals surface area contributed by atoms with Crippen molar-refractivity contribution < 1.29 is 27.3 Å². The lowest BCUT2D eigenvalue weighted by atomic mass is 9.80. The molecule has 1 aliphatic rings. The van der Waals surface area contributed by atoms with E-state index in [9.17, 15) is 13.2 Å². The molecule has 9 nitrogen and oxygen atoms in total. The van der Waals surface area contributed by atoms with Crippen LogP contribution in [0.1, 0.15) is 66.5 Å². The Bertz CT molecular complexity index is 970. The summed E-state index contributed by atoms with van der Waals surface area (Å²) in [7, 11) is -4.35. The number of carbonyl (C=O) groups excluding carboxylic acids is 1. The Kier molecular flexibility index (Phi) is 9.43. The molecule has 1 aromatic rings. The highest BCUT2D eigenvalue weighted by Gasteiger charge is 2.38. The topological polar surface area (TPSA) is 98.3 Å². The van der Waals surface area contributed by atoms with E-state index in [1.165, 1.54) is 9.21 Å². The second kappa shape index (κ2) is 11.1.